The average Bonchev–Trinajstić information content (AvgIpc) is 2.36. The number of esters is 1. The molecule has 0 unspecified atom stereocenters. The van der Waals surface area contributed by atoms with Crippen LogP contribution in [0.4, 0.5) is 0 Å². The largest absolute Gasteiger partial charge is 0.490 e. The number of rotatable bonds is 7. The highest BCUT2D eigenvalue weighted by Crippen LogP contribution is 2.26. The van der Waals surface area contributed by atoms with Crippen molar-refractivity contribution >= 4 is 21.9 Å². The summed E-state index contributed by atoms with van der Waals surface area (Å²) in [4.78, 5) is 11.5. The second-order valence-corrected chi connectivity index (χ2v) is 4.27. The van der Waals surface area contributed by atoms with Crippen LogP contribution >= 0.6 is 15.9 Å². The third-order valence-corrected chi connectivity index (χ3v) is 2.75. The van der Waals surface area contributed by atoms with Gasteiger partial charge < -0.3 is 14.2 Å². The summed E-state index contributed by atoms with van der Waals surface area (Å²) in [7, 11) is 0. The number of carbonyl (C=O) groups excluding carboxylic acids is 1. The molecule has 0 aliphatic heterocycles. The highest BCUT2D eigenvalue weighted by molar-refractivity contribution is 9.10. The first-order chi connectivity index (χ1) is 8.69. The molecule has 0 N–H and O–H groups in total. The SMILES string of the molecule is CCOCCOc1ccc(C(=O)OCC)cc1Br. The minimum Gasteiger partial charge on any atom is -0.490 e. The van der Waals surface area contributed by atoms with Crippen molar-refractivity contribution in [2.24, 2.45) is 0 Å². The Morgan fingerprint density at radius 1 is 1.22 bits per heavy atom. The molecule has 0 spiro atoms. The quantitative estimate of drug-likeness (QED) is 0.573. The number of halogens is 1. The second kappa shape index (κ2) is 8.11. The van der Waals surface area contributed by atoms with E-state index in [0.29, 0.717) is 37.7 Å². The van der Waals surface area contributed by atoms with Crippen LogP contribution in [0.2, 0.25) is 0 Å². The van der Waals surface area contributed by atoms with Gasteiger partial charge in [-0.25, -0.2) is 4.79 Å². The van der Waals surface area contributed by atoms with Crippen LogP contribution in [-0.4, -0.2) is 32.4 Å². The molecule has 0 aromatic heterocycles. The molecule has 0 fully saturated rings. The van der Waals surface area contributed by atoms with Crippen molar-refractivity contribution in [1.82, 2.24) is 0 Å². The number of ether oxygens (including phenoxy) is 3. The van der Waals surface area contributed by atoms with E-state index in [1.54, 1.807) is 25.1 Å². The highest BCUT2D eigenvalue weighted by atomic mass is 79.9. The van der Waals surface area contributed by atoms with Gasteiger partial charge in [0, 0.05) is 6.61 Å². The summed E-state index contributed by atoms with van der Waals surface area (Å²) in [5, 5.41) is 0. The predicted molar refractivity (Wildman–Crippen MR) is 72.1 cm³/mol. The van der Waals surface area contributed by atoms with Gasteiger partial charge in [0.15, 0.2) is 0 Å². The Labute approximate surface area is 115 Å². The number of hydrogen-bond acceptors (Lipinski definition) is 4. The molecule has 1 aromatic carbocycles. The Morgan fingerprint density at radius 3 is 2.61 bits per heavy atom. The van der Waals surface area contributed by atoms with Crippen molar-refractivity contribution < 1.29 is 19.0 Å². The van der Waals surface area contributed by atoms with Crippen LogP contribution < -0.4 is 4.74 Å². The molecular weight excluding hydrogens is 300 g/mol. The van der Waals surface area contributed by atoms with E-state index in [9.17, 15) is 4.79 Å². The van der Waals surface area contributed by atoms with E-state index in [0.717, 1.165) is 4.47 Å². The molecule has 18 heavy (non-hydrogen) atoms. The fourth-order valence-corrected chi connectivity index (χ4v) is 1.81. The first kappa shape index (κ1) is 15.0. The third kappa shape index (κ3) is 4.66. The molecule has 0 amide bonds. The van der Waals surface area contributed by atoms with Gasteiger partial charge in [-0.1, -0.05) is 0 Å². The smallest absolute Gasteiger partial charge is 0.338 e. The molecular formula is C13H17BrO4. The summed E-state index contributed by atoms with van der Waals surface area (Å²) in [6.07, 6.45) is 0. The maximum absolute atomic E-state index is 11.5. The third-order valence-electron chi connectivity index (χ3n) is 2.13. The summed E-state index contributed by atoms with van der Waals surface area (Å²) >= 11 is 3.36. The van der Waals surface area contributed by atoms with Gasteiger partial charge in [-0.3, -0.25) is 0 Å². The molecule has 0 bridgehead atoms. The first-order valence-corrected chi connectivity index (χ1v) is 6.65. The first-order valence-electron chi connectivity index (χ1n) is 5.86. The Kier molecular flexibility index (Phi) is 6.75. The normalized spacial score (nSPS) is 10.2. The van der Waals surface area contributed by atoms with Crippen molar-refractivity contribution in [3.63, 3.8) is 0 Å². The molecule has 5 heteroatoms. The standard InChI is InChI=1S/C13H17BrO4/c1-3-16-7-8-18-12-6-5-10(9-11(12)14)13(15)17-4-2/h5-6,9H,3-4,7-8H2,1-2H3. The maximum atomic E-state index is 11.5. The lowest BCUT2D eigenvalue weighted by atomic mass is 10.2. The van der Waals surface area contributed by atoms with Gasteiger partial charge in [0.25, 0.3) is 0 Å². The predicted octanol–water partition coefficient (Wildman–Crippen LogP) is 3.04. The molecule has 0 aliphatic carbocycles. The lowest BCUT2D eigenvalue weighted by molar-refractivity contribution is 0.0526. The van der Waals surface area contributed by atoms with Gasteiger partial charge in [-0.15, -0.1) is 0 Å². The second-order valence-electron chi connectivity index (χ2n) is 3.41. The van der Waals surface area contributed by atoms with Gasteiger partial charge in [0.2, 0.25) is 0 Å². The molecule has 0 atom stereocenters. The van der Waals surface area contributed by atoms with Gasteiger partial charge in [-0.05, 0) is 48.0 Å². The van der Waals surface area contributed by atoms with Crippen molar-refractivity contribution in [2.45, 2.75) is 13.8 Å². The van der Waals surface area contributed by atoms with Gasteiger partial charge in [0.05, 0.1) is 23.2 Å². The fourth-order valence-electron chi connectivity index (χ4n) is 1.31. The van der Waals surface area contributed by atoms with Crippen LogP contribution in [0, 0.1) is 0 Å². The summed E-state index contributed by atoms with van der Waals surface area (Å²) in [5.74, 6) is 0.349. The van der Waals surface area contributed by atoms with Gasteiger partial charge in [0.1, 0.15) is 12.4 Å². The zero-order chi connectivity index (χ0) is 13.4. The Balaban J connectivity index is 2.59. The molecule has 0 radical (unpaired) electrons. The van der Waals surface area contributed by atoms with Gasteiger partial charge >= 0.3 is 5.97 Å². The van der Waals surface area contributed by atoms with Crippen molar-refractivity contribution in [3.8, 4) is 5.75 Å². The Morgan fingerprint density at radius 2 is 2.00 bits per heavy atom. The zero-order valence-electron chi connectivity index (χ0n) is 10.6. The average molecular weight is 317 g/mol. The lowest BCUT2D eigenvalue weighted by Gasteiger charge is -2.09. The van der Waals surface area contributed by atoms with E-state index in [1.165, 1.54) is 0 Å². The summed E-state index contributed by atoms with van der Waals surface area (Å²) in [6.45, 7) is 5.77. The van der Waals surface area contributed by atoms with Gasteiger partial charge in [-0.2, -0.15) is 0 Å². The van der Waals surface area contributed by atoms with E-state index in [-0.39, 0.29) is 5.97 Å². The van der Waals surface area contributed by atoms with E-state index >= 15 is 0 Å². The number of hydrogen-bond donors (Lipinski definition) is 0. The molecule has 0 saturated carbocycles. The zero-order valence-corrected chi connectivity index (χ0v) is 12.2. The van der Waals surface area contributed by atoms with E-state index in [2.05, 4.69) is 15.9 Å². The Hall–Kier alpha value is -1.07. The molecule has 1 aromatic rings. The van der Waals surface area contributed by atoms with E-state index in [4.69, 9.17) is 14.2 Å². The van der Waals surface area contributed by atoms with Crippen LogP contribution in [0.3, 0.4) is 0 Å². The molecule has 0 heterocycles. The topological polar surface area (TPSA) is 44.8 Å². The monoisotopic (exact) mass is 316 g/mol. The minimum absolute atomic E-state index is 0.334. The lowest BCUT2D eigenvalue weighted by Crippen LogP contribution is -2.08. The number of carbonyl (C=O) groups is 1. The molecule has 0 aliphatic rings. The molecule has 100 valence electrons. The van der Waals surface area contributed by atoms with Crippen molar-refractivity contribution in [3.05, 3.63) is 28.2 Å². The minimum atomic E-state index is -0.334. The van der Waals surface area contributed by atoms with Crippen LogP contribution in [0.25, 0.3) is 0 Å². The summed E-state index contributed by atoms with van der Waals surface area (Å²) < 4.78 is 16.3. The summed E-state index contributed by atoms with van der Waals surface area (Å²) in [6, 6.07) is 5.11. The van der Waals surface area contributed by atoms with Crippen LogP contribution in [-0.2, 0) is 9.47 Å². The maximum Gasteiger partial charge on any atom is 0.338 e. The fraction of sp³-hybridized carbons (Fsp3) is 0.462. The van der Waals surface area contributed by atoms with Crippen molar-refractivity contribution in [2.75, 3.05) is 26.4 Å². The van der Waals surface area contributed by atoms with Crippen LogP contribution in [0.5, 0.6) is 5.75 Å². The molecule has 0 saturated heterocycles. The molecule has 1 rings (SSSR count). The van der Waals surface area contributed by atoms with E-state index < -0.39 is 0 Å². The highest BCUT2D eigenvalue weighted by Gasteiger charge is 2.09. The van der Waals surface area contributed by atoms with E-state index in [1.807, 2.05) is 6.92 Å². The Bertz CT molecular complexity index is 393. The van der Waals surface area contributed by atoms with Crippen LogP contribution in [0.15, 0.2) is 22.7 Å². The molecule has 4 nitrogen and oxygen atoms in total. The van der Waals surface area contributed by atoms with Crippen molar-refractivity contribution in [1.29, 1.82) is 0 Å². The van der Waals surface area contributed by atoms with Crippen LogP contribution in [0.1, 0.15) is 24.2 Å². The summed E-state index contributed by atoms with van der Waals surface area (Å²) in [5.41, 5.74) is 0.501. The number of benzene rings is 1.